The van der Waals surface area contributed by atoms with Gasteiger partial charge in [-0.3, -0.25) is 4.79 Å². The third-order valence-electron chi connectivity index (χ3n) is 3.66. The zero-order chi connectivity index (χ0) is 12.8. The topological polar surface area (TPSA) is 37.3 Å². The van der Waals surface area contributed by atoms with E-state index >= 15 is 0 Å². The van der Waals surface area contributed by atoms with Gasteiger partial charge in [0, 0.05) is 0 Å². The quantitative estimate of drug-likeness (QED) is 0.880. The van der Waals surface area contributed by atoms with Crippen LogP contribution in [0.2, 0.25) is 0 Å². The van der Waals surface area contributed by atoms with Gasteiger partial charge in [0.15, 0.2) is 0 Å². The smallest absolute Gasteiger partial charge is 0.319 e. The van der Waals surface area contributed by atoms with Crippen molar-refractivity contribution in [2.75, 3.05) is 5.75 Å². The summed E-state index contributed by atoms with van der Waals surface area (Å²) in [6, 6.07) is 10.3. The van der Waals surface area contributed by atoms with Crippen molar-refractivity contribution in [1.29, 1.82) is 0 Å². The van der Waals surface area contributed by atoms with E-state index in [9.17, 15) is 9.90 Å². The molecule has 1 aromatic carbocycles. The molecular weight excluding hydrogens is 244 g/mol. The Morgan fingerprint density at radius 3 is 2.44 bits per heavy atom. The van der Waals surface area contributed by atoms with Gasteiger partial charge in [-0.25, -0.2) is 0 Å². The number of benzene rings is 1. The first kappa shape index (κ1) is 13.5. The molecule has 0 saturated heterocycles. The molecule has 0 bridgehead atoms. The van der Waals surface area contributed by atoms with Gasteiger partial charge in [0.25, 0.3) is 0 Å². The first-order valence-corrected chi connectivity index (χ1v) is 7.63. The molecular formula is C15H20O2S. The SMILES string of the molecule is O=C(O)C1(SCCc2ccccc2)CCCCC1. The maximum Gasteiger partial charge on any atom is 0.319 e. The molecule has 0 unspecified atom stereocenters. The van der Waals surface area contributed by atoms with E-state index in [2.05, 4.69) is 12.1 Å². The highest BCUT2D eigenvalue weighted by atomic mass is 32.2. The molecule has 1 N–H and O–H groups in total. The largest absolute Gasteiger partial charge is 0.480 e. The lowest BCUT2D eigenvalue weighted by atomic mass is 9.88. The standard InChI is InChI=1S/C15H20O2S/c16-14(17)15(10-5-2-6-11-15)18-12-9-13-7-3-1-4-8-13/h1,3-4,7-8H,2,5-6,9-12H2,(H,16,17). The Morgan fingerprint density at radius 2 is 1.83 bits per heavy atom. The Morgan fingerprint density at radius 1 is 1.17 bits per heavy atom. The molecule has 0 radical (unpaired) electrons. The summed E-state index contributed by atoms with van der Waals surface area (Å²) in [5.41, 5.74) is 1.29. The fraction of sp³-hybridized carbons (Fsp3) is 0.533. The molecule has 1 fully saturated rings. The van der Waals surface area contributed by atoms with E-state index in [0.29, 0.717) is 0 Å². The normalized spacial score (nSPS) is 18.4. The monoisotopic (exact) mass is 264 g/mol. The van der Waals surface area contributed by atoms with Gasteiger partial charge < -0.3 is 5.11 Å². The van der Waals surface area contributed by atoms with Crippen LogP contribution in [0.5, 0.6) is 0 Å². The highest BCUT2D eigenvalue weighted by molar-refractivity contribution is 8.01. The van der Waals surface area contributed by atoms with Crippen molar-refractivity contribution in [2.45, 2.75) is 43.3 Å². The number of aryl methyl sites for hydroxylation is 1. The lowest BCUT2D eigenvalue weighted by molar-refractivity contribution is -0.140. The zero-order valence-electron chi connectivity index (χ0n) is 10.6. The van der Waals surface area contributed by atoms with E-state index in [4.69, 9.17) is 0 Å². The number of carbonyl (C=O) groups is 1. The van der Waals surface area contributed by atoms with Crippen molar-refractivity contribution in [3.8, 4) is 0 Å². The Bertz CT molecular complexity index is 383. The van der Waals surface area contributed by atoms with Gasteiger partial charge in [-0.2, -0.15) is 0 Å². The minimum Gasteiger partial charge on any atom is -0.480 e. The third-order valence-corrected chi connectivity index (χ3v) is 5.21. The van der Waals surface area contributed by atoms with Gasteiger partial charge in [0.2, 0.25) is 0 Å². The second-order valence-corrected chi connectivity index (χ2v) is 6.42. The van der Waals surface area contributed by atoms with Crippen LogP contribution >= 0.6 is 11.8 Å². The second-order valence-electron chi connectivity index (χ2n) is 4.94. The maximum absolute atomic E-state index is 11.5. The first-order chi connectivity index (χ1) is 8.73. The van der Waals surface area contributed by atoms with E-state index in [1.807, 2.05) is 18.2 Å². The number of thioether (sulfide) groups is 1. The van der Waals surface area contributed by atoms with E-state index in [1.54, 1.807) is 11.8 Å². The fourth-order valence-electron chi connectivity index (χ4n) is 2.55. The molecule has 18 heavy (non-hydrogen) atoms. The van der Waals surface area contributed by atoms with E-state index in [0.717, 1.165) is 37.9 Å². The van der Waals surface area contributed by atoms with Crippen LogP contribution in [0.4, 0.5) is 0 Å². The average Bonchev–Trinajstić information content (AvgIpc) is 2.41. The molecule has 0 heterocycles. The summed E-state index contributed by atoms with van der Waals surface area (Å²) in [7, 11) is 0. The van der Waals surface area contributed by atoms with Crippen LogP contribution in [0.15, 0.2) is 30.3 Å². The summed E-state index contributed by atoms with van der Waals surface area (Å²) in [6.07, 6.45) is 5.94. The average molecular weight is 264 g/mol. The van der Waals surface area contributed by atoms with Gasteiger partial charge in [-0.1, -0.05) is 49.6 Å². The number of hydrogen-bond acceptors (Lipinski definition) is 2. The molecule has 1 aromatic rings. The van der Waals surface area contributed by atoms with Crippen LogP contribution in [0.3, 0.4) is 0 Å². The van der Waals surface area contributed by atoms with Gasteiger partial charge in [-0.05, 0) is 30.6 Å². The predicted molar refractivity (Wildman–Crippen MR) is 76.1 cm³/mol. The van der Waals surface area contributed by atoms with Crippen molar-refractivity contribution >= 4 is 17.7 Å². The lowest BCUT2D eigenvalue weighted by Gasteiger charge is -2.32. The molecule has 1 aliphatic rings. The van der Waals surface area contributed by atoms with Gasteiger partial charge in [-0.15, -0.1) is 11.8 Å². The van der Waals surface area contributed by atoms with Crippen molar-refractivity contribution in [2.24, 2.45) is 0 Å². The Hall–Kier alpha value is -0.960. The molecule has 2 nitrogen and oxygen atoms in total. The highest BCUT2D eigenvalue weighted by Gasteiger charge is 2.39. The van der Waals surface area contributed by atoms with Gasteiger partial charge in [0.05, 0.1) is 0 Å². The van der Waals surface area contributed by atoms with Crippen LogP contribution < -0.4 is 0 Å². The third kappa shape index (κ3) is 3.29. The summed E-state index contributed by atoms with van der Waals surface area (Å²) in [5, 5.41) is 9.47. The van der Waals surface area contributed by atoms with Crippen molar-refractivity contribution in [1.82, 2.24) is 0 Å². The molecule has 0 spiro atoms. The van der Waals surface area contributed by atoms with Crippen molar-refractivity contribution in [3.05, 3.63) is 35.9 Å². The molecule has 0 aliphatic heterocycles. The van der Waals surface area contributed by atoms with Gasteiger partial charge in [0.1, 0.15) is 4.75 Å². The van der Waals surface area contributed by atoms with Crippen molar-refractivity contribution < 1.29 is 9.90 Å². The molecule has 98 valence electrons. The summed E-state index contributed by atoms with van der Waals surface area (Å²) in [6.45, 7) is 0. The van der Waals surface area contributed by atoms with Crippen molar-refractivity contribution in [3.63, 3.8) is 0 Å². The molecule has 2 rings (SSSR count). The fourth-order valence-corrected chi connectivity index (χ4v) is 3.98. The minimum absolute atomic E-state index is 0.507. The molecule has 0 aromatic heterocycles. The first-order valence-electron chi connectivity index (χ1n) is 6.64. The molecule has 1 aliphatic carbocycles. The van der Waals surface area contributed by atoms with E-state index in [-0.39, 0.29) is 0 Å². The molecule has 0 amide bonds. The van der Waals surface area contributed by atoms with Crippen LogP contribution in [-0.2, 0) is 11.2 Å². The Kier molecular flexibility index (Phi) is 4.70. The van der Waals surface area contributed by atoms with Crippen LogP contribution in [0, 0.1) is 0 Å². The summed E-state index contributed by atoms with van der Waals surface area (Å²) in [5.74, 6) is 0.288. The summed E-state index contributed by atoms with van der Waals surface area (Å²) < 4.78 is -0.507. The predicted octanol–water partition coefficient (Wildman–Crippen LogP) is 3.75. The maximum atomic E-state index is 11.5. The van der Waals surface area contributed by atoms with Crippen LogP contribution in [0.25, 0.3) is 0 Å². The Labute approximate surface area is 113 Å². The number of rotatable bonds is 5. The number of hydrogen-bond donors (Lipinski definition) is 1. The highest BCUT2D eigenvalue weighted by Crippen LogP contribution is 2.40. The second kappa shape index (κ2) is 6.28. The summed E-state index contributed by atoms with van der Waals surface area (Å²) >= 11 is 1.65. The minimum atomic E-state index is -0.611. The van der Waals surface area contributed by atoms with Crippen LogP contribution in [0.1, 0.15) is 37.7 Å². The zero-order valence-corrected chi connectivity index (χ0v) is 11.4. The molecule has 1 saturated carbocycles. The van der Waals surface area contributed by atoms with E-state index in [1.165, 1.54) is 12.0 Å². The summed E-state index contributed by atoms with van der Waals surface area (Å²) in [4.78, 5) is 11.5. The Balaban J connectivity index is 1.88. The lowest BCUT2D eigenvalue weighted by Crippen LogP contribution is -2.37. The van der Waals surface area contributed by atoms with Gasteiger partial charge >= 0.3 is 5.97 Å². The molecule has 3 heteroatoms. The van der Waals surface area contributed by atoms with Crippen LogP contribution in [-0.4, -0.2) is 21.6 Å². The number of aliphatic carboxylic acids is 1. The van der Waals surface area contributed by atoms with E-state index < -0.39 is 10.7 Å². The molecule has 0 atom stereocenters. The number of carboxylic acid groups (broad SMARTS) is 1. The number of carboxylic acids is 1.